The predicted octanol–water partition coefficient (Wildman–Crippen LogP) is 2.06. The van der Waals surface area contributed by atoms with Gasteiger partial charge in [0.25, 0.3) is 0 Å². The average molecular weight is 225 g/mol. The van der Waals surface area contributed by atoms with Crippen LogP contribution in [0.25, 0.3) is 5.69 Å². The Bertz CT molecular complexity index is 467. The van der Waals surface area contributed by atoms with Crippen LogP contribution in [0.5, 0.6) is 5.75 Å². The lowest BCUT2D eigenvalue weighted by molar-refractivity contribution is -0.0498. The number of imidazole rings is 1. The van der Waals surface area contributed by atoms with Gasteiger partial charge >= 0.3 is 6.61 Å². The molecule has 0 aliphatic heterocycles. The standard InChI is InChI=1S/C10H9F2N3O/c11-9(12)16-8-3-1-7(2-4-8)15-6-5-14-10(15)13/h1-6,9H,(H2,13,14). The fraction of sp³-hybridized carbons (Fsp3) is 0.100. The third kappa shape index (κ3) is 2.10. The van der Waals surface area contributed by atoms with Gasteiger partial charge in [-0.1, -0.05) is 0 Å². The zero-order valence-electron chi connectivity index (χ0n) is 8.18. The fourth-order valence-electron chi connectivity index (χ4n) is 1.32. The van der Waals surface area contributed by atoms with E-state index in [1.54, 1.807) is 29.1 Å². The second-order valence-electron chi connectivity index (χ2n) is 3.03. The second kappa shape index (κ2) is 4.18. The van der Waals surface area contributed by atoms with E-state index >= 15 is 0 Å². The number of alkyl halides is 2. The van der Waals surface area contributed by atoms with Crippen LogP contribution in [0, 0.1) is 0 Å². The van der Waals surface area contributed by atoms with Crippen molar-refractivity contribution in [3.05, 3.63) is 36.7 Å². The third-order valence-corrected chi connectivity index (χ3v) is 2.01. The van der Waals surface area contributed by atoms with Crippen molar-refractivity contribution in [3.8, 4) is 11.4 Å². The van der Waals surface area contributed by atoms with Crippen molar-refractivity contribution < 1.29 is 13.5 Å². The first-order valence-electron chi connectivity index (χ1n) is 4.51. The molecule has 0 aliphatic carbocycles. The molecule has 16 heavy (non-hydrogen) atoms. The third-order valence-electron chi connectivity index (χ3n) is 2.01. The maximum Gasteiger partial charge on any atom is 0.387 e. The molecule has 0 amide bonds. The fourth-order valence-corrected chi connectivity index (χ4v) is 1.32. The molecule has 0 unspecified atom stereocenters. The molecule has 1 heterocycles. The quantitative estimate of drug-likeness (QED) is 0.869. The van der Waals surface area contributed by atoms with E-state index in [2.05, 4.69) is 9.72 Å². The van der Waals surface area contributed by atoms with E-state index in [0.717, 1.165) is 5.69 Å². The van der Waals surface area contributed by atoms with E-state index in [0.29, 0.717) is 5.95 Å². The van der Waals surface area contributed by atoms with Gasteiger partial charge in [0, 0.05) is 18.1 Å². The number of anilines is 1. The van der Waals surface area contributed by atoms with Gasteiger partial charge in [0.15, 0.2) is 0 Å². The van der Waals surface area contributed by atoms with Crippen LogP contribution in [0.15, 0.2) is 36.7 Å². The maximum absolute atomic E-state index is 11.9. The largest absolute Gasteiger partial charge is 0.435 e. The highest BCUT2D eigenvalue weighted by atomic mass is 19.3. The molecule has 84 valence electrons. The lowest BCUT2D eigenvalue weighted by Gasteiger charge is -2.07. The van der Waals surface area contributed by atoms with Crippen LogP contribution in [-0.4, -0.2) is 16.2 Å². The van der Waals surface area contributed by atoms with Gasteiger partial charge in [-0.05, 0) is 24.3 Å². The number of nitrogen functional groups attached to an aromatic ring is 1. The summed E-state index contributed by atoms with van der Waals surface area (Å²) < 4.78 is 29.7. The zero-order valence-corrected chi connectivity index (χ0v) is 8.18. The van der Waals surface area contributed by atoms with Crippen molar-refractivity contribution in [2.75, 3.05) is 5.73 Å². The SMILES string of the molecule is Nc1nccn1-c1ccc(OC(F)F)cc1. The molecule has 0 aliphatic rings. The first kappa shape index (κ1) is 10.4. The Labute approximate surface area is 90.3 Å². The number of hydrogen-bond acceptors (Lipinski definition) is 3. The Balaban J connectivity index is 2.23. The summed E-state index contributed by atoms with van der Waals surface area (Å²) in [7, 11) is 0. The van der Waals surface area contributed by atoms with E-state index in [9.17, 15) is 8.78 Å². The number of hydrogen-bond donors (Lipinski definition) is 1. The summed E-state index contributed by atoms with van der Waals surface area (Å²) in [5, 5.41) is 0. The van der Waals surface area contributed by atoms with E-state index in [1.807, 2.05) is 0 Å². The lowest BCUT2D eigenvalue weighted by Crippen LogP contribution is -2.02. The number of benzene rings is 1. The molecule has 0 fully saturated rings. The summed E-state index contributed by atoms with van der Waals surface area (Å²) in [6.07, 6.45) is 3.23. The van der Waals surface area contributed by atoms with E-state index in [4.69, 9.17) is 5.73 Å². The predicted molar refractivity (Wildman–Crippen MR) is 54.6 cm³/mol. The van der Waals surface area contributed by atoms with Crippen LogP contribution in [-0.2, 0) is 0 Å². The highest BCUT2D eigenvalue weighted by Crippen LogP contribution is 2.18. The Kier molecular flexibility index (Phi) is 2.72. The first-order valence-corrected chi connectivity index (χ1v) is 4.51. The lowest BCUT2D eigenvalue weighted by atomic mass is 10.3. The molecular formula is C10H9F2N3O. The molecule has 0 saturated carbocycles. The molecule has 0 bridgehead atoms. The van der Waals surface area contributed by atoms with E-state index in [-0.39, 0.29) is 5.75 Å². The summed E-state index contributed by atoms with van der Waals surface area (Å²) in [6.45, 7) is -2.82. The van der Waals surface area contributed by atoms with Gasteiger partial charge in [0.05, 0.1) is 0 Å². The molecule has 0 atom stereocenters. The van der Waals surface area contributed by atoms with Gasteiger partial charge in [-0.15, -0.1) is 0 Å². The van der Waals surface area contributed by atoms with Crippen molar-refractivity contribution in [1.29, 1.82) is 0 Å². The van der Waals surface area contributed by atoms with Gasteiger partial charge in [0.1, 0.15) is 5.75 Å². The highest BCUT2D eigenvalue weighted by Gasteiger charge is 2.05. The number of rotatable bonds is 3. The second-order valence-corrected chi connectivity index (χ2v) is 3.03. The molecule has 2 N–H and O–H groups in total. The van der Waals surface area contributed by atoms with Crippen molar-refractivity contribution in [2.24, 2.45) is 0 Å². The summed E-state index contributed by atoms with van der Waals surface area (Å²) in [5.41, 5.74) is 6.32. The molecular weight excluding hydrogens is 216 g/mol. The van der Waals surface area contributed by atoms with Crippen LogP contribution in [0.2, 0.25) is 0 Å². The molecule has 0 radical (unpaired) electrons. The summed E-state index contributed by atoms with van der Waals surface area (Å²) in [5.74, 6) is 0.444. The Morgan fingerprint density at radius 2 is 1.94 bits per heavy atom. The van der Waals surface area contributed by atoms with Gasteiger partial charge in [0.2, 0.25) is 5.95 Å². The molecule has 2 rings (SSSR count). The number of halogens is 2. The zero-order chi connectivity index (χ0) is 11.5. The first-order chi connectivity index (χ1) is 7.66. The van der Waals surface area contributed by atoms with Crippen LogP contribution in [0.4, 0.5) is 14.7 Å². The Morgan fingerprint density at radius 1 is 1.25 bits per heavy atom. The van der Waals surface area contributed by atoms with Crippen molar-refractivity contribution in [2.45, 2.75) is 6.61 Å². The van der Waals surface area contributed by atoms with E-state index < -0.39 is 6.61 Å². The number of nitrogens with two attached hydrogens (primary N) is 1. The van der Waals surface area contributed by atoms with E-state index in [1.165, 1.54) is 12.1 Å². The Morgan fingerprint density at radius 3 is 2.44 bits per heavy atom. The molecule has 1 aromatic heterocycles. The Hall–Kier alpha value is -2.11. The van der Waals surface area contributed by atoms with Crippen molar-refractivity contribution in [1.82, 2.24) is 9.55 Å². The minimum Gasteiger partial charge on any atom is -0.435 e. The van der Waals surface area contributed by atoms with Gasteiger partial charge in [-0.25, -0.2) is 4.98 Å². The highest BCUT2D eigenvalue weighted by molar-refractivity contribution is 5.42. The molecule has 4 nitrogen and oxygen atoms in total. The van der Waals surface area contributed by atoms with Crippen molar-refractivity contribution >= 4 is 5.95 Å². The molecule has 1 aromatic carbocycles. The van der Waals surface area contributed by atoms with Crippen LogP contribution < -0.4 is 10.5 Å². The topological polar surface area (TPSA) is 53.1 Å². The molecule has 0 saturated heterocycles. The smallest absolute Gasteiger partial charge is 0.387 e. The van der Waals surface area contributed by atoms with Gasteiger partial charge < -0.3 is 10.5 Å². The normalized spacial score (nSPS) is 10.7. The summed E-state index contributed by atoms with van der Waals surface area (Å²) in [4.78, 5) is 3.85. The summed E-state index contributed by atoms with van der Waals surface area (Å²) >= 11 is 0. The minimum atomic E-state index is -2.82. The van der Waals surface area contributed by atoms with Gasteiger partial charge in [-0.3, -0.25) is 4.57 Å². The molecule has 0 spiro atoms. The number of nitrogens with zero attached hydrogens (tertiary/aromatic N) is 2. The monoisotopic (exact) mass is 225 g/mol. The van der Waals surface area contributed by atoms with Crippen LogP contribution in [0.3, 0.4) is 0 Å². The van der Waals surface area contributed by atoms with Gasteiger partial charge in [-0.2, -0.15) is 8.78 Å². The average Bonchev–Trinajstić information content (AvgIpc) is 2.65. The molecule has 2 aromatic rings. The summed E-state index contributed by atoms with van der Waals surface area (Å²) in [6, 6.07) is 6.13. The van der Waals surface area contributed by atoms with Crippen LogP contribution >= 0.6 is 0 Å². The molecule has 6 heteroatoms. The minimum absolute atomic E-state index is 0.109. The number of ether oxygens (including phenoxy) is 1. The van der Waals surface area contributed by atoms with Crippen LogP contribution in [0.1, 0.15) is 0 Å². The number of aromatic nitrogens is 2. The van der Waals surface area contributed by atoms with Crippen molar-refractivity contribution in [3.63, 3.8) is 0 Å². The maximum atomic E-state index is 11.9.